The Morgan fingerprint density at radius 3 is 2.12 bits per heavy atom. The maximum absolute atomic E-state index is 11.7. The van der Waals surface area contributed by atoms with E-state index in [1.165, 1.54) is 19.3 Å². The van der Waals surface area contributed by atoms with E-state index in [0.717, 1.165) is 51.4 Å². The Kier molecular flexibility index (Phi) is 22.6. The van der Waals surface area contributed by atoms with Gasteiger partial charge in [0.1, 0.15) is 12.7 Å². The fourth-order valence-electron chi connectivity index (χ4n) is 2.94. The first-order valence-electron chi connectivity index (χ1n) is 12.5. The summed E-state index contributed by atoms with van der Waals surface area (Å²) in [4.78, 5) is 21.0. The van der Waals surface area contributed by atoms with Gasteiger partial charge in [0.2, 0.25) is 0 Å². The second-order valence-electron chi connectivity index (χ2n) is 8.03. The molecular weight excluding hydrogens is 457 g/mol. The van der Waals surface area contributed by atoms with Gasteiger partial charge in [0.15, 0.2) is 0 Å². The number of nitrogens with two attached hydrogens (primary N) is 1. The van der Waals surface area contributed by atoms with Crippen LogP contribution in [0.5, 0.6) is 0 Å². The molecule has 0 aromatic heterocycles. The summed E-state index contributed by atoms with van der Waals surface area (Å²) in [5.74, 6) is -0.398. The van der Waals surface area contributed by atoms with Gasteiger partial charge in [0, 0.05) is 13.0 Å². The molecule has 0 radical (unpaired) electrons. The lowest BCUT2D eigenvalue weighted by Gasteiger charge is -2.15. The summed E-state index contributed by atoms with van der Waals surface area (Å²) in [6.45, 7) is 1.31. The van der Waals surface area contributed by atoms with Crippen LogP contribution in [0.3, 0.4) is 0 Å². The fraction of sp³-hybridized carbons (Fsp3) is 0.720. The molecule has 2 atom stereocenters. The first-order valence-corrected chi connectivity index (χ1v) is 14.0. The van der Waals surface area contributed by atoms with Crippen molar-refractivity contribution >= 4 is 13.8 Å². The van der Waals surface area contributed by atoms with Crippen LogP contribution in [-0.4, -0.2) is 48.4 Å². The molecule has 0 saturated heterocycles. The Labute approximate surface area is 205 Å². The number of unbranched alkanes of at least 4 members (excludes halogenated alkanes) is 7. The topological polar surface area (TPSA) is 128 Å². The van der Waals surface area contributed by atoms with E-state index in [1.807, 2.05) is 0 Å². The Morgan fingerprint density at radius 2 is 1.47 bits per heavy atom. The lowest BCUT2D eigenvalue weighted by molar-refractivity contribution is -0.147. The second kappa shape index (κ2) is 23.5. The van der Waals surface area contributed by atoms with Gasteiger partial charge >= 0.3 is 13.8 Å². The third-order valence-electron chi connectivity index (χ3n) is 4.77. The van der Waals surface area contributed by atoms with E-state index in [0.29, 0.717) is 6.42 Å². The van der Waals surface area contributed by atoms with E-state index in [2.05, 4.69) is 52.4 Å². The molecule has 0 aromatic carbocycles. The van der Waals surface area contributed by atoms with Crippen LogP contribution in [-0.2, 0) is 23.1 Å². The Morgan fingerprint density at radius 1 is 0.882 bits per heavy atom. The zero-order valence-corrected chi connectivity index (χ0v) is 21.7. The van der Waals surface area contributed by atoms with Crippen molar-refractivity contribution in [3.63, 3.8) is 0 Å². The standard InChI is InChI=1S/C25H46NO7P/c1-2-3-4-5-6-7-8-9-10-11-12-13-14-15-16-17-18-19-25(28)31-22-24(27)23-33-34(29,30)32-21-20-26/h3-4,6-7,9-10,24,27H,2,5,8,11-23,26H2,1H3,(H,29,30). The summed E-state index contributed by atoms with van der Waals surface area (Å²) in [5.41, 5.74) is 5.17. The van der Waals surface area contributed by atoms with Gasteiger partial charge < -0.3 is 20.5 Å². The number of phosphoric ester groups is 1. The van der Waals surface area contributed by atoms with Crippen LogP contribution in [0.2, 0.25) is 0 Å². The predicted molar refractivity (Wildman–Crippen MR) is 136 cm³/mol. The molecule has 34 heavy (non-hydrogen) atoms. The van der Waals surface area contributed by atoms with Gasteiger partial charge in [-0.15, -0.1) is 0 Å². The predicted octanol–water partition coefficient (Wildman–Crippen LogP) is 5.35. The van der Waals surface area contributed by atoms with Crippen molar-refractivity contribution < 1.29 is 33.1 Å². The van der Waals surface area contributed by atoms with Crippen molar-refractivity contribution in [2.75, 3.05) is 26.4 Å². The normalized spacial score (nSPS) is 14.8. The molecule has 0 bridgehead atoms. The van der Waals surface area contributed by atoms with Gasteiger partial charge in [-0.1, -0.05) is 75.5 Å². The molecular formula is C25H46NO7P. The maximum atomic E-state index is 11.7. The lowest BCUT2D eigenvalue weighted by atomic mass is 10.1. The molecule has 9 heteroatoms. The number of hydrogen-bond acceptors (Lipinski definition) is 7. The summed E-state index contributed by atoms with van der Waals surface area (Å²) in [5, 5.41) is 9.68. The molecule has 2 unspecified atom stereocenters. The highest BCUT2D eigenvalue weighted by molar-refractivity contribution is 7.47. The molecule has 0 aliphatic rings. The molecule has 0 spiro atoms. The molecule has 0 aliphatic carbocycles. The van der Waals surface area contributed by atoms with Gasteiger partial charge in [-0.2, -0.15) is 0 Å². The minimum absolute atomic E-state index is 0.0712. The van der Waals surface area contributed by atoms with Crippen molar-refractivity contribution in [2.45, 2.75) is 90.1 Å². The third-order valence-corrected chi connectivity index (χ3v) is 5.76. The number of carbonyl (C=O) groups excluding carboxylic acids is 1. The molecule has 0 aliphatic heterocycles. The number of rotatable bonds is 23. The van der Waals surface area contributed by atoms with Crippen molar-refractivity contribution in [3.05, 3.63) is 36.5 Å². The van der Waals surface area contributed by atoms with Crippen LogP contribution >= 0.6 is 7.82 Å². The van der Waals surface area contributed by atoms with Crippen LogP contribution in [0.25, 0.3) is 0 Å². The maximum Gasteiger partial charge on any atom is 0.472 e. The summed E-state index contributed by atoms with van der Waals surface area (Å²) < 4.78 is 25.5. The molecule has 198 valence electrons. The minimum atomic E-state index is -4.25. The zero-order valence-electron chi connectivity index (χ0n) is 20.8. The monoisotopic (exact) mass is 503 g/mol. The number of esters is 1. The number of aliphatic hydroxyl groups excluding tert-OH is 1. The van der Waals surface area contributed by atoms with E-state index in [1.54, 1.807) is 0 Å². The van der Waals surface area contributed by atoms with Crippen LogP contribution in [0, 0.1) is 0 Å². The third kappa shape index (κ3) is 23.9. The van der Waals surface area contributed by atoms with Crippen molar-refractivity contribution in [1.82, 2.24) is 0 Å². The van der Waals surface area contributed by atoms with Gasteiger partial charge in [-0.05, 0) is 38.5 Å². The first-order chi connectivity index (χ1) is 16.4. The highest BCUT2D eigenvalue weighted by Gasteiger charge is 2.22. The van der Waals surface area contributed by atoms with Crippen LogP contribution in [0.4, 0.5) is 0 Å². The molecule has 0 saturated carbocycles. The smallest absolute Gasteiger partial charge is 0.463 e. The van der Waals surface area contributed by atoms with Crippen LogP contribution in [0.15, 0.2) is 36.5 Å². The number of phosphoric acid groups is 1. The fourth-order valence-corrected chi connectivity index (χ4v) is 3.71. The average molecular weight is 504 g/mol. The largest absolute Gasteiger partial charge is 0.472 e. The SMILES string of the molecule is CCC=CCC=CCC=CCCCCCCCCCC(=O)OCC(O)COP(=O)(O)OCCN. The van der Waals surface area contributed by atoms with Gasteiger partial charge in [-0.25, -0.2) is 4.57 Å². The van der Waals surface area contributed by atoms with E-state index in [-0.39, 0.29) is 19.8 Å². The second-order valence-corrected chi connectivity index (χ2v) is 9.48. The number of hydrogen-bond donors (Lipinski definition) is 3. The summed E-state index contributed by atoms with van der Waals surface area (Å²) >= 11 is 0. The Hall–Kier alpha value is -1.28. The van der Waals surface area contributed by atoms with Gasteiger partial charge in [-0.3, -0.25) is 13.8 Å². The highest BCUT2D eigenvalue weighted by atomic mass is 31.2. The van der Waals surface area contributed by atoms with Crippen molar-refractivity contribution in [1.29, 1.82) is 0 Å². The number of allylic oxidation sites excluding steroid dienone is 6. The number of carbonyl (C=O) groups is 1. The molecule has 0 rings (SSSR count). The lowest BCUT2D eigenvalue weighted by Crippen LogP contribution is -2.23. The summed E-state index contributed by atoms with van der Waals surface area (Å²) in [7, 11) is -4.25. The van der Waals surface area contributed by atoms with Crippen LogP contribution < -0.4 is 5.73 Å². The molecule has 8 nitrogen and oxygen atoms in total. The van der Waals surface area contributed by atoms with E-state index >= 15 is 0 Å². The Bertz CT molecular complexity index is 622. The number of ether oxygens (including phenoxy) is 1. The van der Waals surface area contributed by atoms with Crippen LogP contribution in [0.1, 0.15) is 84.0 Å². The van der Waals surface area contributed by atoms with Crippen molar-refractivity contribution in [3.8, 4) is 0 Å². The average Bonchev–Trinajstić information content (AvgIpc) is 2.82. The Balaban J connectivity index is 3.51. The van der Waals surface area contributed by atoms with Crippen molar-refractivity contribution in [2.24, 2.45) is 5.73 Å². The first kappa shape index (κ1) is 32.7. The van der Waals surface area contributed by atoms with E-state index in [4.69, 9.17) is 10.5 Å². The zero-order chi connectivity index (χ0) is 25.3. The quantitative estimate of drug-likeness (QED) is 0.0736. The minimum Gasteiger partial charge on any atom is -0.463 e. The highest BCUT2D eigenvalue weighted by Crippen LogP contribution is 2.42. The summed E-state index contributed by atoms with van der Waals surface area (Å²) in [6, 6.07) is 0. The van der Waals surface area contributed by atoms with E-state index in [9.17, 15) is 19.4 Å². The molecule has 0 aromatic rings. The van der Waals surface area contributed by atoms with Gasteiger partial charge in [0.25, 0.3) is 0 Å². The summed E-state index contributed by atoms with van der Waals surface area (Å²) in [6.07, 6.45) is 24.2. The molecule has 0 fully saturated rings. The van der Waals surface area contributed by atoms with E-state index < -0.39 is 26.5 Å². The molecule has 0 heterocycles. The van der Waals surface area contributed by atoms with Gasteiger partial charge in [0.05, 0.1) is 13.2 Å². The number of aliphatic hydroxyl groups is 1. The molecule has 4 N–H and O–H groups in total. The molecule has 0 amide bonds.